The lowest BCUT2D eigenvalue weighted by Gasteiger charge is -2.54. The molecule has 24 heavy (non-hydrogen) atoms. The van der Waals surface area contributed by atoms with Crippen molar-refractivity contribution >= 4 is 11.6 Å². The average molecular weight is 334 g/mol. The van der Waals surface area contributed by atoms with Gasteiger partial charge in [0.1, 0.15) is 0 Å². The fraction of sp³-hybridized carbons (Fsp3) is 0.588. The molecule has 0 aliphatic heterocycles. The molecule has 0 saturated heterocycles. The van der Waals surface area contributed by atoms with Gasteiger partial charge in [0.05, 0.1) is 11.0 Å². The van der Waals surface area contributed by atoms with Gasteiger partial charge < -0.3 is 15.2 Å². The SMILES string of the molecule is CCO[C@H]1C[C@@H](NC(=O)c2ccc([N+](=O)[O-])c(O)c2)C12CCCC2. The van der Waals surface area contributed by atoms with Gasteiger partial charge in [-0.25, -0.2) is 0 Å². The number of nitrogens with one attached hydrogen (secondary N) is 1. The van der Waals surface area contributed by atoms with E-state index in [1.165, 1.54) is 6.07 Å². The lowest BCUT2D eigenvalue weighted by molar-refractivity contribution is -0.385. The summed E-state index contributed by atoms with van der Waals surface area (Å²) < 4.78 is 5.83. The van der Waals surface area contributed by atoms with Crippen LogP contribution in [0.1, 0.15) is 49.4 Å². The minimum Gasteiger partial charge on any atom is -0.502 e. The van der Waals surface area contributed by atoms with Gasteiger partial charge in [-0.1, -0.05) is 12.8 Å². The third-order valence-corrected chi connectivity index (χ3v) is 5.43. The van der Waals surface area contributed by atoms with Crippen LogP contribution in [0, 0.1) is 15.5 Å². The minimum absolute atomic E-state index is 0.0223. The van der Waals surface area contributed by atoms with Crippen LogP contribution in [0.5, 0.6) is 5.75 Å². The maximum atomic E-state index is 12.5. The molecule has 2 fully saturated rings. The molecule has 0 radical (unpaired) electrons. The van der Waals surface area contributed by atoms with Crippen LogP contribution in [-0.2, 0) is 4.74 Å². The van der Waals surface area contributed by atoms with E-state index in [2.05, 4.69) is 5.32 Å². The number of benzene rings is 1. The van der Waals surface area contributed by atoms with E-state index >= 15 is 0 Å². The van der Waals surface area contributed by atoms with E-state index in [1.807, 2.05) is 6.92 Å². The lowest BCUT2D eigenvalue weighted by Crippen LogP contribution is -2.63. The highest BCUT2D eigenvalue weighted by molar-refractivity contribution is 5.95. The number of carbonyl (C=O) groups excluding carboxylic acids is 1. The molecule has 2 aliphatic carbocycles. The molecule has 3 rings (SSSR count). The summed E-state index contributed by atoms with van der Waals surface area (Å²) in [6.45, 7) is 2.65. The summed E-state index contributed by atoms with van der Waals surface area (Å²) in [6.07, 6.45) is 5.38. The zero-order valence-corrected chi connectivity index (χ0v) is 13.7. The van der Waals surface area contributed by atoms with Crippen molar-refractivity contribution in [1.82, 2.24) is 5.32 Å². The van der Waals surface area contributed by atoms with Crippen LogP contribution in [0.15, 0.2) is 18.2 Å². The normalized spacial score (nSPS) is 24.5. The number of phenolic OH excluding ortho intramolecular Hbond substituents is 1. The van der Waals surface area contributed by atoms with Gasteiger partial charge in [0.15, 0.2) is 5.75 Å². The molecule has 130 valence electrons. The first-order valence-corrected chi connectivity index (χ1v) is 8.38. The first kappa shape index (κ1) is 16.7. The Morgan fingerprint density at radius 2 is 2.17 bits per heavy atom. The Bertz CT molecular complexity index is 654. The highest BCUT2D eigenvalue weighted by Gasteiger charge is 2.57. The summed E-state index contributed by atoms with van der Waals surface area (Å²) >= 11 is 0. The molecule has 2 aliphatic rings. The van der Waals surface area contributed by atoms with Crippen LogP contribution in [0.2, 0.25) is 0 Å². The molecular weight excluding hydrogens is 312 g/mol. The van der Waals surface area contributed by atoms with Crippen molar-refractivity contribution in [1.29, 1.82) is 0 Å². The maximum absolute atomic E-state index is 12.5. The second-order valence-corrected chi connectivity index (χ2v) is 6.61. The van der Waals surface area contributed by atoms with Gasteiger partial charge in [-0.3, -0.25) is 14.9 Å². The maximum Gasteiger partial charge on any atom is 0.310 e. The smallest absolute Gasteiger partial charge is 0.310 e. The molecule has 1 aromatic carbocycles. The molecule has 7 nitrogen and oxygen atoms in total. The Balaban J connectivity index is 1.71. The standard InChI is InChI=1S/C17H22N2O5/c1-2-24-15-10-14(17(15)7-3-4-8-17)18-16(21)11-5-6-12(19(22)23)13(20)9-11/h5-6,9,14-15,20H,2-4,7-8,10H2,1H3,(H,18,21)/t14-,15+/m1/s1. The molecular formula is C17H22N2O5. The fourth-order valence-corrected chi connectivity index (χ4v) is 4.15. The Hall–Kier alpha value is -2.15. The van der Waals surface area contributed by atoms with E-state index in [9.17, 15) is 20.0 Å². The van der Waals surface area contributed by atoms with Crippen LogP contribution in [0.25, 0.3) is 0 Å². The van der Waals surface area contributed by atoms with Gasteiger partial charge >= 0.3 is 5.69 Å². The van der Waals surface area contributed by atoms with Crippen LogP contribution in [0.3, 0.4) is 0 Å². The van der Waals surface area contributed by atoms with E-state index in [0.717, 1.165) is 44.2 Å². The summed E-state index contributed by atoms with van der Waals surface area (Å²) in [7, 11) is 0. The fourth-order valence-electron chi connectivity index (χ4n) is 4.15. The lowest BCUT2D eigenvalue weighted by atomic mass is 9.60. The number of amides is 1. The van der Waals surface area contributed by atoms with E-state index in [1.54, 1.807) is 0 Å². The highest BCUT2D eigenvalue weighted by atomic mass is 16.6. The number of nitro groups is 1. The molecule has 2 saturated carbocycles. The number of ether oxygens (including phenoxy) is 1. The van der Waals surface area contributed by atoms with Gasteiger partial charge in [-0.15, -0.1) is 0 Å². The third-order valence-electron chi connectivity index (χ3n) is 5.43. The summed E-state index contributed by atoms with van der Waals surface area (Å²) in [5.74, 6) is -0.810. The predicted molar refractivity (Wildman–Crippen MR) is 86.9 cm³/mol. The first-order valence-electron chi connectivity index (χ1n) is 8.38. The number of rotatable bonds is 5. The Morgan fingerprint density at radius 3 is 2.75 bits per heavy atom. The highest BCUT2D eigenvalue weighted by Crippen LogP contribution is 2.54. The summed E-state index contributed by atoms with van der Waals surface area (Å²) in [4.78, 5) is 22.5. The van der Waals surface area contributed by atoms with Crippen LogP contribution < -0.4 is 5.32 Å². The number of hydrogen-bond donors (Lipinski definition) is 2. The number of carbonyl (C=O) groups is 1. The summed E-state index contributed by atoms with van der Waals surface area (Å²) in [6, 6.07) is 3.72. The summed E-state index contributed by atoms with van der Waals surface area (Å²) in [5, 5.41) is 23.5. The van der Waals surface area contributed by atoms with Gasteiger partial charge in [-0.05, 0) is 38.3 Å². The monoisotopic (exact) mass is 334 g/mol. The van der Waals surface area contributed by atoms with Crippen LogP contribution in [0.4, 0.5) is 5.69 Å². The molecule has 2 atom stereocenters. The van der Waals surface area contributed by atoms with Crippen LogP contribution in [-0.4, -0.2) is 34.7 Å². The Labute approximate surface area is 140 Å². The zero-order chi connectivity index (χ0) is 17.3. The molecule has 0 aromatic heterocycles. The summed E-state index contributed by atoms with van der Waals surface area (Å²) in [5.41, 5.74) is -0.154. The number of nitro benzene ring substituents is 1. The number of nitrogens with zero attached hydrogens (tertiary/aromatic N) is 1. The van der Waals surface area contributed by atoms with Crippen molar-refractivity contribution in [2.24, 2.45) is 5.41 Å². The van der Waals surface area contributed by atoms with Gasteiger partial charge in [0.2, 0.25) is 0 Å². The second kappa shape index (κ2) is 6.39. The van der Waals surface area contributed by atoms with Crippen molar-refractivity contribution < 1.29 is 19.6 Å². The van der Waals surface area contributed by atoms with E-state index in [-0.39, 0.29) is 29.0 Å². The topological polar surface area (TPSA) is 102 Å². The van der Waals surface area contributed by atoms with E-state index in [0.29, 0.717) is 6.61 Å². The quantitative estimate of drug-likeness (QED) is 0.637. The third kappa shape index (κ3) is 2.73. The second-order valence-electron chi connectivity index (χ2n) is 6.61. The number of aromatic hydroxyl groups is 1. The first-order chi connectivity index (χ1) is 11.5. The largest absolute Gasteiger partial charge is 0.502 e. The van der Waals surface area contributed by atoms with Gasteiger partial charge in [0, 0.05) is 29.7 Å². The molecule has 0 bridgehead atoms. The van der Waals surface area contributed by atoms with Crippen molar-refractivity contribution in [3.8, 4) is 5.75 Å². The molecule has 1 spiro atoms. The molecule has 1 aromatic rings. The van der Waals surface area contributed by atoms with E-state index in [4.69, 9.17) is 4.74 Å². The predicted octanol–water partition coefficient (Wildman–Crippen LogP) is 2.77. The van der Waals surface area contributed by atoms with Crippen molar-refractivity contribution in [3.05, 3.63) is 33.9 Å². The van der Waals surface area contributed by atoms with Crippen molar-refractivity contribution in [2.75, 3.05) is 6.61 Å². The Kier molecular flexibility index (Phi) is 4.45. The molecule has 7 heteroatoms. The van der Waals surface area contributed by atoms with Crippen LogP contribution >= 0.6 is 0 Å². The Morgan fingerprint density at radius 1 is 1.46 bits per heavy atom. The molecule has 1 amide bonds. The average Bonchev–Trinajstić information content (AvgIpc) is 3.06. The molecule has 2 N–H and O–H groups in total. The zero-order valence-electron chi connectivity index (χ0n) is 13.7. The number of hydrogen-bond acceptors (Lipinski definition) is 5. The van der Waals surface area contributed by atoms with Crippen molar-refractivity contribution in [2.45, 2.75) is 51.2 Å². The van der Waals surface area contributed by atoms with Gasteiger partial charge in [0.25, 0.3) is 5.91 Å². The molecule has 0 heterocycles. The van der Waals surface area contributed by atoms with E-state index < -0.39 is 16.4 Å². The number of phenols is 1. The minimum atomic E-state index is -0.677. The van der Waals surface area contributed by atoms with Gasteiger partial charge in [-0.2, -0.15) is 0 Å². The van der Waals surface area contributed by atoms with Crippen molar-refractivity contribution in [3.63, 3.8) is 0 Å². The molecule has 0 unspecified atom stereocenters.